The monoisotopic (exact) mass is 372 g/mol. The maximum Gasteiger partial charge on any atom is 0.119 e. The molecule has 2 fully saturated rings. The molecular weight excluding hydrogens is 332 g/mol. The molecule has 27 heavy (non-hydrogen) atoms. The van der Waals surface area contributed by atoms with Gasteiger partial charge in [-0.25, -0.2) is 0 Å². The van der Waals surface area contributed by atoms with Gasteiger partial charge in [0, 0.05) is 6.61 Å². The topological polar surface area (TPSA) is 29.5 Å². The lowest BCUT2D eigenvalue weighted by atomic mass is 9.77. The summed E-state index contributed by atoms with van der Waals surface area (Å²) in [6.07, 6.45) is 15.9. The SMILES string of the molecule is CCCCCC1CCC(c2ccc(OCC3CCC(CO)CC3)cc2)CC1. The van der Waals surface area contributed by atoms with Crippen LogP contribution in [0.15, 0.2) is 24.3 Å². The van der Waals surface area contributed by atoms with E-state index in [0.29, 0.717) is 18.4 Å². The van der Waals surface area contributed by atoms with E-state index < -0.39 is 0 Å². The molecule has 0 saturated heterocycles. The van der Waals surface area contributed by atoms with E-state index in [1.807, 2.05) is 0 Å². The van der Waals surface area contributed by atoms with Gasteiger partial charge < -0.3 is 9.84 Å². The fourth-order valence-electron chi connectivity index (χ4n) is 5.10. The molecule has 0 unspecified atom stereocenters. The highest BCUT2D eigenvalue weighted by Crippen LogP contribution is 2.38. The molecule has 1 N–H and O–H groups in total. The predicted octanol–water partition coefficient (Wildman–Crippen LogP) is 6.72. The molecule has 0 atom stereocenters. The van der Waals surface area contributed by atoms with E-state index in [9.17, 15) is 5.11 Å². The summed E-state index contributed by atoms with van der Waals surface area (Å²) in [6, 6.07) is 8.98. The fraction of sp³-hybridized carbons (Fsp3) is 0.760. The van der Waals surface area contributed by atoms with E-state index in [0.717, 1.165) is 37.0 Å². The summed E-state index contributed by atoms with van der Waals surface area (Å²) >= 11 is 0. The van der Waals surface area contributed by atoms with Crippen LogP contribution >= 0.6 is 0 Å². The third-order valence-electron chi connectivity index (χ3n) is 7.12. The molecule has 1 aromatic carbocycles. The molecule has 2 nitrogen and oxygen atoms in total. The van der Waals surface area contributed by atoms with Crippen LogP contribution in [-0.4, -0.2) is 18.3 Å². The van der Waals surface area contributed by atoms with Crippen molar-refractivity contribution in [2.45, 2.75) is 89.9 Å². The van der Waals surface area contributed by atoms with Crippen molar-refractivity contribution in [1.29, 1.82) is 0 Å². The van der Waals surface area contributed by atoms with E-state index in [4.69, 9.17) is 4.74 Å². The Balaban J connectivity index is 1.38. The Morgan fingerprint density at radius 1 is 0.815 bits per heavy atom. The standard InChI is InChI=1S/C25H40O2/c1-2-3-4-5-20-10-12-23(13-11-20)24-14-16-25(17-15-24)27-19-22-8-6-21(18-26)7-9-22/h14-17,20-23,26H,2-13,18-19H2,1H3. The van der Waals surface area contributed by atoms with Gasteiger partial charge in [0.1, 0.15) is 5.75 Å². The van der Waals surface area contributed by atoms with Crippen molar-refractivity contribution in [3.63, 3.8) is 0 Å². The minimum Gasteiger partial charge on any atom is -0.493 e. The van der Waals surface area contributed by atoms with Gasteiger partial charge in [-0.15, -0.1) is 0 Å². The molecule has 0 aromatic heterocycles. The van der Waals surface area contributed by atoms with Gasteiger partial charge in [-0.1, -0.05) is 44.7 Å². The van der Waals surface area contributed by atoms with Crippen LogP contribution in [-0.2, 0) is 0 Å². The largest absolute Gasteiger partial charge is 0.493 e. The summed E-state index contributed by atoms with van der Waals surface area (Å²) < 4.78 is 6.07. The summed E-state index contributed by atoms with van der Waals surface area (Å²) in [7, 11) is 0. The number of aliphatic hydroxyl groups is 1. The summed E-state index contributed by atoms with van der Waals surface area (Å²) in [5.41, 5.74) is 1.51. The van der Waals surface area contributed by atoms with Crippen LogP contribution in [0.2, 0.25) is 0 Å². The van der Waals surface area contributed by atoms with Crippen LogP contribution in [0, 0.1) is 17.8 Å². The van der Waals surface area contributed by atoms with Gasteiger partial charge in [0.05, 0.1) is 6.61 Å². The van der Waals surface area contributed by atoms with Crippen LogP contribution < -0.4 is 4.74 Å². The Bertz CT molecular complexity index is 508. The minimum absolute atomic E-state index is 0.357. The maximum atomic E-state index is 9.25. The third-order valence-corrected chi connectivity index (χ3v) is 7.12. The lowest BCUT2D eigenvalue weighted by molar-refractivity contribution is 0.139. The molecular formula is C25H40O2. The van der Waals surface area contributed by atoms with Gasteiger partial charge in [0.2, 0.25) is 0 Å². The summed E-state index contributed by atoms with van der Waals surface area (Å²) in [5, 5.41) is 9.25. The normalized spacial score (nSPS) is 28.8. The second-order valence-electron chi connectivity index (χ2n) is 9.16. The first-order valence-corrected chi connectivity index (χ1v) is 11.6. The number of rotatable bonds is 9. The van der Waals surface area contributed by atoms with Gasteiger partial charge in [-0.3, -0.25) is 0 Å². The van der Waals surface area contributed by atoms with Crippen molar-refractivity contribution < 1.29 is 9.84 Å². The van der Waals surface area contributed by atoms with Crippen LogP contribution in [0.3, 0.4) is 0 Å². The van der Waals surface area contributed by atoms with Gasteiger partial charge >= 0.3 is 0 Å². The smallest absolute Gasteiger partial charge is 0.119 e. The fourth-order valence-corrected chi connectivity index (χ4v) is 5.10. The Morgan fingerprint density at radius 3 is 2.07 bits per heavy atom. The third kappa shape index (κ3) is 6.52. The first kappa shape index (κ1) is 20.7. The number of hydrogen-bond acceptors (Lipinski definition) is 2. The number of ether oxygens (including phenoxy) is 1. The van der Waals surface area contributed by atoms with Crippen molar-refractivity contribution in [2.75, 3.05) is 13.2 Å². The highest BCUT2D eigenvalue weighted by atomic mass is 16.5. The number of aliphatic hydroxyl groups excluding tert-OH is 1. The van der Waals surface area contributed by atoms with Gasteiger partial charge in [0.15, 0.2) is 0 Å². The van der Waals surface area contributed by atoms with Gasteiger partial charge in [-0.05, 0) is 92.7 Å². The van der Waals surface area contributed by atoms with Crippen molar-refractivity contribution in [2.24, 2.45) is 17.8 Å². The van der Waals surface area contributed by atoms with E-state index in [-0.39, 0.29) is 0 Å². The average molecular weight is 373 g/mol. The average Bonchev–Trinajstić information content (AvgIpc) is 2.74. The minimum atomic E-state index is 0.357. The van der Waals surface area contributed by atoms with Gasteiger partial charge in [-0.2, -0.15) is 0 Å². The molecule has 2 aliphatic rings. The molecule has 2 aliphatic carbocycles. The molecule has 0 spiro atoms. The molecule has 3 rings (SSSR count). The molecule has 0 aliphatic heterocycles. The Morgan fingerprint density at radius 2 is 1.44 bits per heavy atom. The zero-order chi connectivity index (χ0) is 18.9. The van der Waals surface area contributed by atoms with E-state index in [2.05, 4.69) is 31.2 Å². The molecule has 0 heterocycles. The predicted molar refractivity (Wildman–Crippen MR) is 113 cm³/mol. The Kier molecular flexibility index (Phi) is 8.51. The van der Waals surface area contributed by atoms with Crippen molar-refractivity contribution >= 4 is 0 Å². The summed E-state index contributed by atoms with van der Waals surface area (Å²) in [6.45, 7) is 3.49. The zero-order valence-corrected chi connectivity index (χ0v) is 17.4. The first-order valence-electron chi connectivity index (χ1n) is 11.6. The van der Waals surface area contributed by atoms with Crippen LogP contribution in [0.4, 0.5) is 0 Å². The van der Waals surface area contributed by atoms with Crippen molar-refractivity contribution in [1.82, 2.24) is 0 Å². The molecule has 1 aromatic rings. The number of benzene rings is 1. The number of unbranched alkanes of at least 4 members (excludes halogenated alkanes) is 2. The summed E-state index contributed by atoms with van der Waals surface area (Å²) in [5.74, 6) is 3.96. The molecule has 0 amide bonds. The highest BCUT2D eigenvalue weighted by molar-refractivity contribution is 5.29. The Labute approximate surface area is 166 Å². The molecule has 2 saturated carbocycles. The van der Waals surface area contributed by atoms with E-state index in [1.165, 1.54) is 69.8 Å². The van der Waals surface area contributed by atoms with Crippen LogP contribution in [0.1, 0.15) is 95.5 Å². The molecule has 152 valence electrons. The van der Waals surface area contributed by atoms with Crippen molar-refractivity contribution in [3.05, 3.63) is 29.8 Å². The second kappa shape index (κ2) is 11.1. The van der Waals surface area contributed by atoms with Crippen LogP contribution in [0.5, 0.6) is 5.75 Å². The van der Waals surface area contributed by atoms with Crippen LogP contribution in [0.25, 0.3) is 0 Å². The van der Waals surface area contributed by atoms with Gasteiger partial charge in [0.25, 0.3) is 0 Å². The molecule has 0 radical (unpaired) electrons. The second-order valence-corrected chi connectivity index (χ2v) is 9.16. The summed E-state index contributed by atoms with van der Waals surface area (Å²) in [4.78, 5) is 0. The van der Waals surface area contributed by atoms with E-state index in [1.54, 1.807) is 0 Å². The molecule has 0 bridgehead atoms. The van der Waals surface area contributed by atoms with E-state index >= 15 is 0 Å². The first-order chi connectivity index (χ1) is 13.3. The zero-order valence-electron chi connectivity index (χ0n) is 17.4. The highest BCUT2D eigenvalue weighted by Gasteiger charge is 2.23. The number of hydrogen-bond donors (Lipinski definition) is 1. The maximum absolute atomic E-state index is 9.25. The quantitative estimate of drug-likeness (QED) is 0.488. The Hall–Kier alpha value is -1.02. The van der Waals surface area contributed by atoms with Crippen molar-refractivity contribution in [3.8, 4) is 5.75 Å². The molecule has 2 heteroatoms. The lowest BCUT2D eigenvalue weighted by Gasteiger charge is -2.29. The lowest BCUT2D eigenvalue weighted by Crippen LogP contribution is -2.21.